The highest BCUT2D eigenvalue weighted by Gasteiger charge is 2.58. The molecule has 1 aromatic carbocycles. The summed E-state index contributed by atoms with van der Waals surface area (Å²) in [6.45, 7) is 0.282. The molecule has 0 saturated carbocycles. The monoisotopic (exact) mass is 332 g/mol. The van der Waals surface area contributed by atoms with Crippen molar-refractivity contribution in [3.05, 3.63) is 47.5 Å². The molecule has 0 aromatic heterocycles. The van der Waals surface area contributed by atoms with Gasteiger partial charge in [0.1, 0.15) is 23.9 Å². The van der Waals surface area contributed by atoms with Crippen LogP contribution in [0.5, 0.6) is 0 Å². The van der Waals surface area contributed by atoms with Gasteiger partial charge >= 0.3 is 0 Å². The Kier molecular flexibility index (Phi) is 4.96. The van der Waals surface area contributed by atoms with E-state index in [0.29, 0.717) is 0 Å². The van der Waals surface area contributed by atoms with Gasteiger partial charge in [-0.25, -0.2) is 0 Å². The number of nitrogens with one attached hydrogen (secondary N) is 1. The first-order valence-corrected chi connectivity index (χ1v) is 7.70. The van der Waals surface area contributed by atoms with E-state index in [0.717, 1.165) is 5.56 Å². The van der Waals surface area contributed by atoms with Crippen LogP contribution in [0.1, 0.15) is 12.0 Å². The molecule has 3 unspecified atom stereocenters. The molecule has 0 amide bonds. The number of hydrogen-bond acceptors (Lipinski definition) is 7. The van der Waals surface area contributed by atoms with E-state index < -0.39 is 30.1 Å². The Hall–Kier alpha value is -1.79. The highest BCUT2D eigenvalue weighted by atomic mass is 16.7. The summed E-state index contributed by atoms with van der Waals surface area (Å²) in [4.78, 5) is 5.60. The van der Waals surface area contributed by atoms with Crippen LogP contribution >= 0.6 is 0 Å². The third kappa shape index (κ3) is 2.96. The third-order valence-corrected chi connectivity index (χ3v) is 4.47. The second-order valence-corrected chi connectivity index (χ2v) is 5.95. The lowest BCUT2D eigenvalue weighted by Crippen LogP contribution is -2.61. The molecule has 128 valence electrons. The van der Waals surface area contributed by atoms with E-state index in [2.05, 4.69) is 11.5 Å². The summed E-state index contributed by atoms with van der Waals surface area (Å²) >= 11 is 0. The minimum Gasteiger partial charge on any atom is -0.387 e. The lowest BCUT2D eigenvalue weighted by atomic mass is 9.75. The summed E-state index contributed by atoms with van der Waals surface area (Å²) < 4.78 is 10.9. The smallest absolute Gasteiger partial charge is 0.160 e. The topological polar surface area (TPSA) is 104 Å². The fourth-order valence-electron chi connectivity index (χ4n) is 3.19. The van der Waals surface area contributed by atoms with Crippen LogP contribution in [0.15, 0.2) is 42.0 Å². The minimum atomic E-state index is -1.19. The van der Waals surface area contributed by atoms with Crippen molar-refractivity contribution in [2.24, 2.45) is 0 Å². The van der Waals surface area contributed by atoms with Crippen LogP contribution in [0.2, 0.25) is 0 Å². The maximum atomic E-state index is 10.3. The number of nitriles is 1. The van der Waals surface area contributed by atoms with Crippen molar-refractivity contribution in [2.75, 3.05) is 7.11 Å². The first-order chi connectivity index (χ1) is 11.6. The molecule has 1 aromatic rings. The van der Waals surface area contributed by atoms with Crippen LogP contribution in [0.25, 0.3) is 0 Å². The van der Waals surface area contributed by atoms with Gasteiger partial charge in [-0.1, -0.05) is 30.3 Å². The molecule has 7 heteroatoms. The molecule has 5 atom stereocenters. The number of hydroxylamine groups is 1. The quantitative estimate of drug-likeness (QED) is 0.670. The molecule has 3 rings (SSSR count). The number of rotatable bonds is 5. The zero-order chi connectivity index (χ0) is 17.2. The number of fused-ring (bicyclic) bond motifs is 1. The number of methoxy groups -OCH3 is 1. The zero-order valence-electron chi connectivity index (χ0n) is 13.3. The van der Waals surface area contributed by atoms with Crippen LogP contribution in [0.4, 0.5) is 0 Å². The lowest BCUT2D eigenvalue weighted by molar-refractivity contribution is -0.164. The molecule has 3 N–H and O–H groups in total. The van der Waals surface area contributed by atoms with E-state index in [1.807, 2.05) is 30.3 Å². The van der Waals surface area contributed by atoms with Crippen LogP contribution < -0.4 is 5.48 Å². The van der Waals surface area contributed by atoms with Gasteiger partial charge in [-0.05, 0) is 11.6 Å². The van der Waals surface area contributed by atoms with Gasteiger partial charge in [0.15, 0.2) is 6.29 Å². The van der Waals surface area contributed by atoms with Gasteiger partial charge in [0.25, 0.3) is 0 Å². The summed E-state index contributed by atoms with van der Waals surface area (Å²) in [6.07, 6.45) is -2.21. The van der Waals surface area contributed by atoms with Gasteiger partial charge in [0.2, 0.25) is 0 Å². The Balaban J connectivity index is 1.82. The van der Waals surface area contributed by atoms with Gasteiger partial charge in [-0.2, -0.15) is 10.7 Å². The number of aliphatic hydroxyl groups excluding tert-OH is 2. The maximum Gasteiger partial charge on any atom is 0.160 e. The largest absolute Gasteiger partial charge is 0.387 e. The summed E-state index contributed by atoms with van der Waals surface area (Å²) in [6, 6.07) is 11.6. The number of nitrogens with zero attached hydrogens (tertiary/aromatic N) is 1. The molecule has 1 aliphatic carbocycles. The molecule has 24 heavy (non-hydrogen) atoms. The molecular formula is C17H20N2O5. The van der Waals surface area contributed by atoms with Gasteiger partial charge in [0, 0.05) is 13.5 Å². The van der Waals surface area contributed by atoms with Gasteiger partial charge < -0.3 is 19.7 Å². The number of benzene rings is 1. The number of ether oxygens (including phenoxy) is 2. The van der Waals surface area contributed by atoms with Crippen LogP contribution in [-0.4, -0.2) is 47.5 Å². The molecule has 0 bridgehead atoms. The molecule has 0 radical (unpaired) electrons. The maximum absolute atomic E-state index is 10.3. The first kappa shape index (κ1) is 17.0. The fourth-order valence-corrected chi connectivity index (χ4v) is 3.19. The van der Waals surface area contributed by atoms with E-state index in [1.165, 1.54) is 13.2 Å². The van der Waals surface area contributed by atoms with Crippen LogP contribution in [0, 0.1) is 11.3 Å². The summed E-state index contributed by atoms with van der Waals surface area (Å²) in [7, 11) is 1.49. The second-order valence-electron chi connectivity index (χ2n) is 5.95. The molecule has 1 saturated heterocycles. The number of hydrogen-bond donors (Lipinski definition) is 3. The van der Waals surface area contributed by atoms with E-state index in [9.17, 15) is 15.5 Å². The summed E-state index contributed by atoms with van der Waals surface area (Å²) in [5, 5.41) is 29.7. The highest BCUT2D eigenvalue weighted by molar-refractivity contribution is 5.41. The lowest BCUT2D eigenvalue weighted by Gasteiger charge is -2.40. The Bertz CT molecular complexity index is 644. The average Bonchev–Trinajstić information content (AvgIpc) is 2.99. The Morgan fingerprint density at radius 3 is 2.79 bits per heavy atom. The molecule has 1 fully saturated rings. The SMILES string of the molecule is CO[C@@H]1CC2(NOCc3ccccc3)C(C#N)=CC(O)[C@@H](O)C2O1. The molecule has 1 aliphatic heterocycles. The first-order valence-electron chi connectivity index (χ1n) is 7.70. The Morgan fingerprint density at radius 2 is 2.12 bits per heavy atom. The van der Waals surface area contributed by atoms with Gasteiger partial charge in [-0.3, -0.25) is 4.84 Å². The van der Waals surface area contributed by atoms with Crippen molar-refractivity contribution in [3.63, 3.8) is 0 Å². The van der Waals surface area contributed by atoms with E-state index in [1.54, 1.807) is 0 Å². The predicted molar refractivity (Wildman–Crippen MR) is 83.1 cm³/mol. The third-order valence-electron chi connectivity index (χ3n) is 4.47. The average molecular weight is 332 g/mol. The van der Waals surface area contributed by atoms with Crippen LogP contribution in [-0.2, 0) is 20.9 Å². The summed E-state index contributed by atoms with van der Waals surface area (Å²) in [5.74, 6) is 0. The Morgan fingerprint density at radius 1 is 1.38 bits per heavy atom. The molecule has 0 spiro atoms. The standard InChI is InChI=1S/C17H20N2O5/c1-22-14-8-17(19-23-10-11-5-3-2-4-6-11)12(9-18)7-13(20)15(21)16(17)24-14/h2-7,13-16,19-21H,8,10H2,1H3/t13?,14-,15+,16?,17?/m0/s1. The van der Waals surface area contributed by atoms with Gasteiger partial charge in [-0.15, -0.1) is 0 Å². The van der Waals surface area contributed by atoms with E-state index in [4.69, 9.17) is 14.3 Å². The molecule has 7 nitrogen and oxygen atoms in total. The van der Waals surface area contributed by atoms with Crippen molar-refractivity contribution in [2.45, 2.75) is 43.2 Å². The van der Waals surface area contributed by atoms with Crippen LogP contribution in [0.3, 0.4) is 0 Å². The normalized spacial score (nSPS) is 35.2. The molecule has 1 heterocycles. The Labute approximate surface area is 140 Å². The van der Waals surface area contributed by atoms with Crippen molar-refractivity contribution in [1.29, 1.82) is 5.26 Å². The van der Waals surface area contributed by atoms with Crippen molar-refractivity contribution < 1.29 is 24.5 Å². The number of aliphatic hydroxyl groups is 2. The molecule has 2 aliphatic rings. The van der Waals surface area contributed by atoms with Crippen molar-refractivity contribution in [1.82, 2.24) is 5.48 Å². The second kappa shape index (κ2) is 6.99. The fraction of sp³-hybridized carbons (Fsp3) is 0.471. The highest BCUT2D eigenvalue weighted by Crippen LogP contribution is 2.42. The van der Waals surface area contributed by atoms with E-state index >= 15 is 0 Å². The van der Waals surface area contributed by atoms with Crippen molar-refractivity contribution >= 4 is 0 Å². The zero-order valence-corrected chi connectivity index (χ0v) is 13.3. The summed E-state index contributed by atoms with van der Waals surface area (Å²) in [5.41, 5.74) is 3.05. The van der Waals surface area contributed by atoms with Gasteiger partial charge in [0.05, 0.1) is 18.2 Å². The minimum absolute atomic E-state index is 0.262. The predicted octanol–water partition coefficient (Wildman–Crippen LogP) is 0.393. The van der Waals surface area contributed by atoms with E-state index in [-0.39, 0.29) is 18.6 Å². The van der Waals surface area contributed by atoms with Crippen molar-refractivity contribution in [3.8, 4) is 6.07 Å². The molecular weight excluding hydrogens is 312 g/mol.